The second-order valence-corrected chi connectivity index (χ2v) is 10.1. The van der Waals surface area contributed by atoms with Crippen molar-refractivity contribution >= 4 is 11.6 Å². The van der Waals surface area contributed by atoms with Gasteiger partial charge in [-0.2, -0.15) is 0 Å². The molecule has 0 amide bonds. The highest BCUT2D eigenvalue weighted by Crippen LogP contribution is 2.67. The molecule has 4 aliphatic rings. The number of rotatable bonds is 2. The first-order valence-corrected chi connectivity index (χ1v) is 10.3. The van der Waals surface area contributed by atoms with Crippen molar-refractivity contribution in [3.05, 3.63) is 0 Å². The van der Waals surface area contributed by atoms with E-state index in [0.29, 0.717) is 32.1 Å². The van der Waals surface area contributed by atoms with Gasteiger partial charge in [0.05, 0.1) is 12.2 Å². The van der Waals surface area contributed by atoms with Crippen LogP contribution in [0, 0.1) is 34.5 Å². The van der Waals surface area contributed by atoms with Crippen LogP contribution in [0.3, 0.4) is 0 Å². The molecule has 4 fully saturated rings. The molecule has 152 valence electrons. The fourth-order valence-electron chi connectivity index (χ4n) is 7.70. The van der Waals surface area contributed by atoms with E-state index in [1.807, 2.05) is 6.92 Å². The Morgan fingerprint density at radius 3 is 2.48 bits per heavy atom. The van der Waals surface area contributed by atoms with Gasteiger partial charge >= 0.3 is 0 Å². The summed E-state index contributed by atoms with van der Waals surface area (Å²) in [5, 5.41) is 41.5. The number of aliphatic hydroxyl groups is 4. The molecule has 0 bridgehead atoms. The highest BCUT2D eigenvalue weighted by atomic mass is 16.3. The predicted octanol–water partition coefficient (Wildman–Crippen LogP) is 0.832. The van der Waals surface area contributed by atoms with Crippen LogP contribution in [0.5, 0.6) is 0 Å². The zero-order chi connectivity index (χ0) is 19.8. The van der Waals surface area contributed by atoms with E-state index >= 15 is 0 Å². The molecular weight excluding hydrogens is 348 g/mol. The van der Waals surface area contributed by atoms with Crippen LogP contribution in [0.2, 0.25) is 0 Å². The van der Waals surface area contributed by atoms with E-state index in [2.05, 4.69) is 6.92 Å². The minimum Gasteiger partial charge on any atom is -0.393 e. The molecule has 3 unspecified atom stereocenters. The van der Waals surface area contributed by atoms with Gasteiger partial charge in [-0.05, 0) is 61.7 Å². The number of hydrogen-bond acceptors (Lipinski definition) is 6. The molecule has 4 rings (SSSR count). The predicted molar refractivity (Wildman–Crippen MR) is 96.6 cm³/mol. The van der Waals surface area contributed by atoms with E-state index in [1.165, 1.54) is 0 Å². The summed E-state index contributed by atoms with van der Waals surface area (Å²) in [6.07, 6.45) is 2.40. The molecule has 4 saturated carbocycles. The smallest absolute Gasteiger partial charge is 0.190 e. The molecule has 4 N–H and O–H groups in total. The highest BCUT2D eigenvalue weighted by Gasteiger charge is 2.69. The summed E-state index contributed by atoms with van der Waals surface area (Å²) in [4.78, 5) is 25.8. The molecule has 0 aromatic rings. The minimum atomic E-state index is -1.67. The van der Waals surface area contributed by atoms with E-state index in [4.69, 9.17) is 0 Å². The number of ketones is 2. The van der Waals surface area contributed by atoms with Crippen molar-refractivity contribution in [1.29, 1.82) is 0 Å². The molecule has 0 saturated heterocycles. The van der Waals surface area contributed by atoms with Crippen LogP contribution >= 0.6 is 0 Å². The maximum Gasteiger partial charge on any atom is 0.190 e. The lowest BCUT2D eigenvalue weighted by Gasteiger charge is -2.61. The van der Waals surface area contributed by atoms with Gasteiger partial charge in [-0.1, -0.05) is 13.8 Å². The summed E-state index contributed by atoms with van der Waals surface area (Å²) < 4.78 is 0. The van der Waals surface area contributed by atoms with E-state index in [9.17, 15) is 30.0 Å². The largest absolute Gasteiger partial charge is 0.393 e. The van der Waals surface area contributed by atoms with E-state index in [0.717, 1.165) is 0 Å². The Labute approximate surface area is 160 Å². The molecule has 6 nitrogen and oxygen atoms in total. The SMILES string of the molecule is C[C@]12CCC(O)CC1C(O)C[C@@H]1[C@@H]2C(=O)C[C@@]2(C)[C@H]1CC[C@]2(O)C(=O)CO. The summed E-state index contributed by atoms with van der Waals surface area (Å²) in [5.74, 6) is -0.901. The van der Waals surface area contributed by atoms with Gasteiger partial charge in [0.15, 0.2) is 5.78 Å². The van der Waals surface area contributed by atoms with Crippen LogP contribution in [0.15, 0.2) is 0 Å². The standard InChI is InChI=1S/C21H32O6/c1-19-5-3-11(23)7-14(19)15(24)8-12-13-4-6-21(27,17(26)10-22)20(13,2)9-16(25)18(12)19/h11-15,18,22-24,27H,3-10H2,1-2H3/t11?,12-,13-,14?,15?,18+,19-,20-,21-/m0/s1. The first-order chi connectivity index (χ1) is 12.6. The maximum absolute atomic E-state index is 13.4. The second kappa shape index (κ2) is 6.09. The molecule has 0 aromatic heterocycles. The normalized spacial score (nSPS) is 54.8. The first-order valence-electron chi connectivity index (χ1n) is 10.3. The number of hydrogen-bond donors (Lipinski definition) is 4. The van der Waals surface area contributed by atoms with Crippen molar-refractivity contribution in [2.45, 2.75) is 76.6 Å². The zero-order valence-corrected chi connectivity index (χ0v) is 16.2. The van der Waals surface area contributed by atoms with E-state index in [1.54, 1.807) is 0 Å². The molecular formula is C21H32O6. The van der Waals surface area contributed by atoms with Crippen LogP contribution in [-0.2, 0) is 9.59 Å². The number of carbonyl (C=O) groups is 2. The lowest BCUT2D eigenvalue weighted by Crippen LogP contribution is -2.64. The average Bonchev–Trinajstić information content (AvgIpc) is 2.87. The van der Waals surface area contributed by atoms with Crippen LogP contribution in [0.25, 0.3) is 0 Å². The van der Waals surface area contributed by atoms with Crippen molar-refractivity contribution < 1.29 is 30.0 Å². The molecule has 0 aliphatic heterocycles. The summed E-state index contributed by atoms with van der Waals surface area (Å²) >= 11 is 0. The van der Waals surface area contributed by atoms with Gasteiger partial charge in [0.2, 0.25) is 0 Å². The second-order valence-electron chi connectivity index (χ2n) is 10.1. The van der Waals surface area contributed by atoms with Crippen molar-refractivity contribution in [2.24, 2.45) is 34.5 Å². The van der Waals surface area contributed by atoms with Gasteiger partial charge in [0.1, 0.15) is 18.0 Å². The van der Waals surface area contributed by atoms with Gasteiger partial charge in [0, 0.05) is 17.8 Å². The Hall–Kier alpha value is -0.820. The Balaban J connectivity index is 1.73. The van der Waals surface area contributed by atoms with Gasteiger partial charge in [0.25, 0.3) is 0 Å². The lowest BCUT2D eigenvalue weighted by atomic mass is 9.43. The number of aliphatic hydroxyl groups excluding tert-OH is 3. The van der Waals surface area contributed by atoms with Gasteiger partial charge in [-0.15, -0.1) is 0 Å². The maximum atomic E-state index is 13.4. The van der Waals surface area contributed by atoms with Crippen molar-refractivity contribution in [2.75, 3.05) is 6.61 Å². The van der Waals surface area contributed by atoms with Crippen molar-refractivity contribution in [3.63, 3.8) is 0 Å². The molecule has 0 radical (unpaired) electrons. The quantitative estimate of drug-likeness (QED) is 0.564. The first kappa shape index (κ1) is 19.5. The van der Waals surface area contributed by atoms with Crippen LogP contribution in [0.4, 0.5) is 0 Å². The third-order valence-electron chi connectivity index (χ3n) is 9.10. The van der Waals surface area contributed by atoms with E-state index in [-0.39, 0.29) is 47.7 Å². The summed E-state index contributed by atoms with van der Waals surface area (Å²) in [6.45, 7) is 3.18. The highest BCUT2D eigenvalue weighted by molar-refractivity contribution is 5.92. The fourth-order valence-corrected chi connectivity index (χ4v) is 7.70. The topological polar surface area (TPSA) is 115 Å². The summed E-state index contributed by atoms with van der Waals surface area (Å²) in [6, 6.07) is 0. The fraction of sp³-hybridized carbons (Fsp3) is 0.905. The zero-order valence-electron chi connectivity index (χ0n) is 16.2. The molecule has 6 heteroatoms. The van der Waals surface area contributed by atoms with Crippen LogP contribution < -0.4 is 0 Å². The van der Waals surface area contributed by atoms with Crippen molar-refractivity contribution in [3.8, 4) is 0 Å². The Bertz CT molecular complexity index is 663. The Morgan fingerprint density at radius 1 is 1.11 bits per heavy atom. The monoisotopic (exact) mass is 380 g/mol. The van der Waals surface area contributed by atoms with Gasteiger partial charge < -0.3 is 20.4 Å². The summed E-state index contributed by atoms with van der Waals surface area (Å²) in [7, 11) is 0. The molecule has 0 heterocycles. The Kier molecular flexibility index (Phi) is 4.39. The lowest BCUT2D eigenvalue weighted by molar-refractivity contribution is -0.193. The number of carbonyl (C=O) groups excluding carboxylic acids is 2. The minimum absolute atomic E-state index is 0.0278. The van der Waals surface area contributed by atoms with Crippen molar-refractivity contribution in [1.82, 2.24) is 0 Å². The third-order valence-corrected chi connectivity index (χ3v) is 9.10. The van der Waals surface area contributed by atoms with Gasteiger partial charge in [-0.25, -0.2) is 0 Å². The molecule has 0 aromatic carbocycles. The van der Waals surface area contributed by atoms with Gasteiger partial charge in [-0.3, -0.25) is 9.59 Å². The summed E-state index contributed by atoms with van der Waals surface area (Å²) in [5.41, 5.74) is -2.90. The number of Topliss-reactive ketones (excluding diaryl/α,β-unsaturated/α-hetero) is 2. The molecule has 4 aliphatic carbocycles. The number of fused-ring (bicyclic) bond motifs is 5. The molecule has 27 heavy (non-hydrogen) atoms. The average molecular weight is 380 g/mol. The Morgan fingerprint density at radius 2 is 1.81 bits per heavy atom. The third kappa shape index (κ3) is 2.39. The molecule has 9 atom stereocenters. The van der Waals surface area contributed by atoms with Crippen LogP contribution in [0.1, 0.15) is 58.8 Å². The molecule has 0 spiro atoms. The van der Waals surface area contributed by atoms with E-state index < -0.39 is 35.6 Å². The van der Waals surface area contributed by atoms with Crippen LogP contribution in [-0.4, -0.2) is 56.4 Å².